The predicted molar refractivity (Wildman–Crippen MR) is 65.0 cm³/mol. The molecule has 0 aliphatic carbocycles. The van der Waals surface area contributed by atoms with Crippen LogP contribution in [0.1, 0.15) is 5.69 Å². The van der Waals surface area contributed by atoms with Gasteiger partial charge in [0.1, 0.15) is 5.69 Å². The monoisotopic (exact) mass is 291 g/mol. The fourth-order valence-corrected chi connectivity index (χ4v) is 4.00. The van der Waals surface area contributed by atoms with E-state index in [1.165, 1.54) is 0 Å². The van der Waals surface area contributed by atoms with Crippen molar-refractivity contribution in [3.8, 4) is 0 Å². The van der Waals surface area contributed by atoms with E-state index in [1.807, 2.05) is 0 Å². The number of thioether (sulfide) groups is 1. The van der Waals surface area contributed by atoms with Crippen LogP contribution in [-0.2, 0) is 6.18 Å². The summed E-state index contributed by atoms with van der Waals surface area (Å²) < 4.78 is 37.8. The molecule has 0 saturated carbocycles. The first kappa shape index (κ1) is 13.0. The van der Waals surface area contributed by atoms with Crippen molar-refractivity contribution in [3.63, 3.8) is 0 Å². The van der Waals surface area contributed by atoms with Crippen LogP contribution in [0, 0.1) is 5.92 Å². The SMILES string of the molecule is OC1CSC2CN(c3nccc(C(F)(F)F)n3)CC12. The topological polar surface area (TPSA) is 49.2 Å². The van der Waals surface area contributed by atoms with Crippen molar-refractivity contribution in [1.29, 1.82) is 0 Å². The molecule has 1 aromatic heterocycles. The Kier molecular flexibility index (Phi) is 3.09. The lowest BCUT2D eigenvalue weighted by Gasteiger charge is -2.18. The molecule has 2 saturated heterocycles. The molecule has 3 unspecified atom stereocenters. The van der Waals surface area contributed by atoms with Gasteiger partial charge in [0.05, 0.1) is 6.10 Å². The van der Waals surface area contributed by atoms with Crippen molar-refractivity contribution < 1.29 is 18.3 Å². The summed E-state index contributed by atoms with van der Waals surface area (Å²) in [7, 11) is 0. The van der Waals surface area contributed by atoms with Crippen molar-refractivity contribution in [2.45, 2.75) is 17.5 Å². The maximum atomic E-state index is 12.6. The van der Waals surface area contributed by atoms with E-state index < -0.39 is 11.9 Å². The maximum absolute atomic E-state index is 12.6. The number of halogens is 3. The van der Waals surface area contributed by atoms with Crippen LogP contribution >= 0.6 is 11.8 Å². The summed E-state index contributed by atoms with van der Waals surface area (Å²) in [5, 5.41) is 10.0. The van der Waals surface area contributed by atoms with Gasteiger partial charge in [-0.05, 0) is 6.07 Å². The fourth-order valence-electron chi connectivity index (χ4n) is 2.51. The highest BCUT2D eigenvalue weighted by atomic mass is 32.2. The molecular formula is C11H12F3N3OS. The summed E-state index contributed by atoms with van der Waals surface area (Å²) in [5.74, 6) is 0.896. The number of rotatable bonds is 1. The summed E-state index contributed by atoms with van der Waals surface area (Å²) in [4.78, 5) is 9.21. The molecular weight excluding hydrogens is 279 g/mol. The molecule has 104 valence electrons. The van der Waals surface area contributed by atoms with Gasteiger partial charge in [0.2, 0.25) is 5.95 Å². The molecule has 4 nitrogen and oxygen atoms in total. The minimum atomic E-state index is -4.46. The second-order valence-electron chi connectivity index (χ2n) is 4.75. The normalized spacial score (nSPS) is 30.7. The van der Waals surface area contributed by atoms with Crippen molar-refractivity contribution in [1.82, 2.24) is 9.97 Å². The summed E-state index contributed by atoms with van der Waals surface area (Å²) in [5.41, 5.74) is -0.928. The zero-order valence-corrected chi connectivity index (χ0v) is 10.7. The molecule has 0 spiro atoms. The minimum Gasteiger partial charge on any atom is -0.392 e. The van der Waals surface area contributed by atoms with E-state index in [0.29, 0.717) is 18.8 Å². The van der Waals surface area contributed by atoms with Gasteiger partial charge in [-0.2, -0.15) is 24.9 Å². The molecule has 0 bridgehead atoms. The predicted octanol–water partition coefficient (Wildman–Crippen LogP) is 1.41. The lowest BCUT2D eigenvalue weighted by atomic mass is 10.0. The number of alkyl halides is 3. The first-order valence-corrected chi connectivity index (χ1v) is 6.95. The highest BCUT2D eigenvalue weighted by Crippen LogP contribution is 2.39. The average molecular weight is 291 g/mol. The Hall–Kier alpha value is -1.02. The van der Waals surface area contributed by atoms with Crippen molar-refractivity contribution in [2.75, 3.05) is 23.7 Å². The van der Waals surface area contributed by atoms with Gasteiger partial charge in [-0.15, -0.1) is 0 Å². The van der Waals surface area contributed by atoms with Crippen molar-refractivity contribution >= 4 is 17.7 Å². The number of aliphatic hydroxyl groups excluding tert-OH is 1. The molecule has 8 heteroatoms. The number of aromatic nitrogens is 2. The van der Waals surface area contributed by atoms with Crippen LogP contribution in [0.4, 0.5) is 19.1 Å². The highest BCUT2D eigenvalue weighted by Gasteiger charge is 2.43. The molecule has 3 heterocycles. The molecule has 2 fully saturated rings. The Morgan fingerprint density at radius 1 is 1.37 bits per heavy atom. The first-order chi connectivity index (χ1) is 8.95. The minimum absolute atomic E-state index is 0.0945. The smallest absolute Gasteiger partial charge is 0.392 e. The summed E-state index contributed by atoms with van der Waals surface area (Å²) >= 11 is 1.66. The van der Waals surface area contributed by atoms with Crippen LogP contribution < -0.4 is 4.90 Å². The Morgan fingerprint density at radius 2 is 2.16 bits per heavy atom. The van der Waals surface area contributed by atoms with Crippen LogP contribution in [0.3, 0.4) is 0 Å². The molecule has 1 N–H and O–H groups in total. The summed E-state index contributed by atoms with van der Waals surface area (Å²) in [6.07, 6.45) is -3.71. The van der Waals surface area contributed by atoms with E-state index in [4.69, 9.17) is 0 Å². The zero-order valence-electron chi connectivity index (χ0n) is 9.84. The van der Waals surface area contributed by atoms with Gasteiger partial charge < -0.3 is 10.0 Å². The average Bonchev–Trinajstić information content (AvgIpc) is 2.91. The van der Waals surface area contributed by atoms with Gasteiger partial charge >= 0.3 is 6.18 Å². The van der Waals surface area contributed by atoms with Gasteiger partial charge in [0.15, 0.2) is 0 Å². The van der Waals surface area contributed by atoms with Crippen molar-refractivity contribution in [3.05, 3.63) is 18.0 Å². The second-order valence-corrected chi connectivity index (χ2v) is 6.02. The van der Waals surface area contributed by atoms with Gasteiger partial charge in [-0.25, -0.2) is 9.97 Å². The quantitative estimate of drug-likeness (QED) is 0.848. The maximum Gasteiger partial charge on any atom is 0.433 e. The molecule has 3 rings (SSSR count). The lowest BCUT2D eigenvalue weighted by Crippen LogP contribution is -2.27. The third-order valence-electron chi connectivity index (χ3n) is 3.50. The molecule has 0 radical (unpaired) electrons. The van der Waals surface area contributed by atoms with Crippen LogP contribution in [-0.4, -0.2) is 45.3 Å². The highest BCUT2D eigenvalue weighted by molar-refractivity contribution is 8.00. The third-order valence-corrected chi connectivity index (χ3v) is 4.96. The molecule has 2 aliphatic heterocycles. The van der Waals surface area contributed by atoms with Gasteiger partial charge in [-0.3, -0.25) is 0 Å². The summed E-state index contributed by atoms with van der Waals surface area (Å²) in [6.45, 7) is 1.11. The van der Waals surface area contributed by atoms with E-state index in [2.05, 4.69) is 9.97 Å². The number of nitrogens with zero attached hydrogens (tertiary/aromatic N) is 3. The zero-order chi connectivity index (χ0) is 13.6. The van der Waals surface area contributed by atoms with Crippen LogP contribution in [0.2, 0.25) is 0 Å². The lowest BCUT2D eigenvalue weighted by molar-refractivity contribution is -0.141. The second kappa shape index (κ2) is 4.52. The summed E-state index contributed by atoms with van der Waals surface area (Å²) in [6, 6.07) is 0.865. The Bertz CT molecular complexity index is 484. The third kappa shape index (κ3) is 2.38. The Balaban J connectivity index is 1.81. The number of fused-ring (bicyclic) bond motifs is 1. The van der Waals surface area contributed by atoms with E-state index in [-0.39, 0.29) is 23.2 Å². The van der Waals surface area contributed by atoms with Crippen LogP contribution in [0.25, 0.3) is 0 Å². The fraction of sp³-hybridized carbons (Fsp3) is 0.636. The Labute approximate surface area is 112 Å². The number of anilines is 1. The molecule has 3 atom stereocenters. The standard InChI is InChI=1S/C11H12F3N3OS/c12-11(13,14)9-1-2-15-10(16-9)17-3-6-7(18)5-19-8(6)4-17/h1-2,6-8,18H,3-5H2. The molecule has 1 aromatic rings. The molecule has 2 aliphatic rings. The van der Waals surface area contributed by atoms with E-state index in [0.717, 1.165) is 12.3 Å². The molecule has 19 heavy (non-hydrogen) atoms. The number of aliphatic hydroxyl groups is 1. The first-order valence-electron chi connectivity index (χ1n) is 5.90. The van der Waals surface area contributed by atoms with Crippen molar-refractivity contribution in [2.24, 2.45) is 5.92 Å². The molecule has 0 amide bonds. The van der Waals surface area contributed by atoms with E-state index in [9.17, 15) is 18.3 Å². The van der Waals surface area contributed by atoms with E-state index >= 15 is 0 Å². The van der Waals surface area contributed by atoms with Gasteiger partial charge in [0.25, 0.3) is 0 Å². The van der Waals surface area contributed by atoms with Crippen LogP contribution in [0.15, 0.2) is 12.3 Å². The molecule has 0 aromatic carbocycles. The van der Waals surface area contributed by atoms with Crippen LogP contribution in [0.5, 0.6) is 0 Å². The van der Waals surface area contributed by atoms with Gasteiger partial charge in [0, 0.05) is 36.2 Å². The van der Waals surface area contributed by atoms with Gasteiger partial charge in [-0.1, -0.05) is 0 Å². The Morgan fingerprint density at radius 3 is 2.84 bits per heavy atom. The number of hydrogen-bond acceptors (Lipinski definition) is 5. The van der Waals surface area contributed by atoms with E-state index in [1.54, 1.807) is 16.7 Å². The number of hydrogen-bond donors (Lipinski definition) is 1. The largest absolute Gasteiger partial charge is 0.433 e.